The minimum Gasteiger partial charge on any atom is -0.482 e. The third kappa shape index (κ3) is 4.83. The molecule has 3 nitrogen and oxygen atoms in total. The Bertz CT molecular complexity index is 702. The minimum atomic E-state index is -0.415. The van der Waals surface area contributed by atoms with Gasteiger partial charge in [-0.1, -0.05) is 54.9 Å². The van der Waals surface area contributed by atoms with Crippen LogP contribution in [0.5, 0.6) is 11.5 Å². The lowest BCUT2D eigenvalue weighted by Crippen LogP contribution is -2.20. The smallest absolute Gasteiger partial charge is 0.349 e. The van der Waals surface area contributed by atoms with Gasteiger partial charge in [-0.3, -0.25) is 0 Å². The lowest BCUT2D eigenvalue weighted by atomic mass is 9.86. The van der Waals surface area contributed by atoms with Crippen LogP contribution in [0, 0.1) is 6.92 Å². The monoisotopic (exact) mass is 376 g/mol. The molecule has 0 heterocycles. The van der Waals surface area contributed by atoms with Gasteiger partial charge in [-0.25, -0.2) is 4.79 Å². The second kappa shape index (κ2) is 7.18. The summed E-state index contributed by atoms with van der Waals surface area (Å²) < 4.78 is 12.0. The van der Waals surface area contributed by atoms with E-state index in [9.17, 15) is 4.79 Å². The minimum absolute atomic E-state index is 0.0967. The summed E-state index contributed by atoms with van der Waals surface area (Å²) in [7, 11) is 0. The molecule has 0 atom stereocenters. The number of carbonyl (C=O) groups is 1. The first-order valence-corrected chi connectivity index (χ1v) is 8.26. The largest absolute Gasteiger partial charge is 0.482 e. The SMILES string of the molecule is Cc1cc(OCC(=O)Oc2ccccc2C(C)(C)C)ccc1Br. The van der Waals surface area contributed by atoms with Crippen LogP contribution in [0.4, 0.5) is 0 Å². The number of hydrogen-bond donors (Lipinski definition) is 0. The second-order valence-corrected chi connectivity index (χ2v) is 7.27. The predicted octanol–water partition coefficient (Wildman–Crippen LogP) is 5.04. The molecule has 0 radical (unpaired) electrons. The highest BCUT2D eigenvalue weighted by atomic mass is 79.9. The fourth-order valence-electron chi connectivity index (χ4n) is 2.18. The molecule has 0 saturated heterocycles. The average Bonchev–Trinajstić information content (AvgIpc) is 2.48. The van der Waals surface area contributed by atoms with E-state index in [0.29, 0.717) is 11.5 Å². The van der Waals surface area contributed by atoms with Crippen molar-refractivity contribution in [2.24, 2.45) is 0 Å². The van der Waals surface area contributed by atoms with Gasteiger partial charge in [0.1, 0.15) is 11.5 Å². The van der Waals surface area contributed by atoms with Crippen LogP contribution >= 0.6 is 15.9 Å². The van der Waals surface area contributed by atoms with Crippen LogP contribution < -0.4 is 9.47 Å². The van der Waals surface area contributed by atoms with Crippen molar-refractivity contribution in [1.82, 2.24) is 0 Å². The molecule has 0 amide bonds. The summed E-state index contributed by atoms with van der Waals surface area (Å²) in [4.78, 5) is 12.1. The molecule has 2 aromatic carbocycles. The van der Waals surface area contributed by atoms with Crippen molar-refractivity contribution in [3.05, 3.63) is 58.1 Å². The molecule has 4 heteroatoms. The van der Waals surface area contributed by atoms with E-state index in [0.717, 1.165) is 15.6 Å². The van der Waals surface area contributed by atoms with Crippen LogP contribution in [0.2, 0.25) is 0 Å². The summed E-state index contributed by atoms with van der Waals surface area (Å²) in [6, 6.07) is 13.2. The van der Waals surface area contributed by atoms with Gasteiger partial charge in [0.2, 0.25) is 0 Å². The summed E-state index contributed by atoms with van der Waals surface area (Å²) in [6.45, 7) is 8.09. The quantitative estimate of drug-likeness (QED) is 0.553. The number of ether oxygens (including phenoxy) is 2. The molecule has 0 aliphatic rings. The number of benzene rings is 2. The normalized spacial score (nSPS) is 11.2. The molecule has 0 aliphatic heterocycles. The molecule has 0 aromatic heterocycles. The number of para-hydroxylation sites is 1. The Morgan fingerprint density at radius 1 is 1.13 bits per heavy atom. The van der Waals surface area contributed by atoms with E-state index < -0.39 is 5.97 Å². The van der Waals surface area contributed by atoms with E-state index in [4.69, 9.17) is 9.47 Å². The summed E-state index contributed by atoms with van der Waals surface area (Å²) in [5, 5.41) is 0. The standard InChI is InChI=1S/C19H21BrO3/c1-13-11-14(9-10-16(13)20)22-12-18(21)23-17-8-6-5-7-15(17)19(2,3)4/h5-11H,12H2,1-4H3. The molecule has 23 heavy (non-hydrogen) atoms. The van der Waals surface area contributed by atoms with E-state index in [2.05, 4.69) is 36.7 Å². The Morgan fingerprint density at radius 2 is 1.83 bits per heavy atom. The van der Waals surface area contributed by atoms with Gasteiger partial charge in [-0.05, 0) is 42.2 Å². The first kappa shape index (κ1) is 17.5. The fourth-order valence-corrected chi connectivity index (χ4v) is 2.42. The van der Waals surface area contributed by atoms with E-state index in [1.54, 1.807) is 0 Å². The van der Waals surface area contributed by atoms with Gasteiger partial charge in [0, 0.05) is 10.0 Å². The second-order valence-electron chi connectivity index (χ2n) is 6.42. The van der Waals surface area contributed by atoms with Gasteiger partial charge >= 0.3 is 5.97 Å². The van der Waals surface area contributed by atoms with Crippen LogP contribution in [0.3, 0.4) is 0 Å². The molecule has 0 saturated carbocycles. The van der Waals surface area contributed by atoms with Crippen LogP contribution in [0.15, 0.2) is 46.9 Å². The Kier molecular flexibility index (Phi) is 5.47. The van der Waals surface area contributed by atoms with Gasteiger partial charge < -0.3 is 9.47 Å². The molecule has 0 N–H and O–H groups in total. The molecular formula is C19H21BrO3. The highest BCUT2D eigenvalue weighted by Gasteiger charge is 2.20. The number of halogens is 1. The predicted molar refractivity (Wildman–Crippen MR) is 95.2 cm³/mol. The summed E-state index contributed by atoms with van der Waals surface area (Å²) in [5.41, 5.74) is 1.95. The molecule has 2 aromatic rings. The summed E-state index contributed by atoms with van der Waals surface area (Å²) in [6.07, 6.45) is 0. The Morgan fingerprint density at radius 3 is 2.48 bits per heavy atom. The van der Waals surface area contributed by atoms with Gasteiger partial charge in [0.15, 0.2) is 6.61 Å². The zero-order valence-corrected chi connectivity index (χ0v) is 15.4. The average molecular weight is 377 g/mol. The maximum atomic E-state index is 12.1. The summed E-state index contributed by atoms with van der Waals surface area (Å²) >= 11 is 3.43. The topological polar surface area (TPSA) is 35.5 Å². The highest BCUT2D eigenvalue weighted by Crippen LogP contribution is 2.31. The molecule has 122 valence electrons. The molecule has 0 aliphatic carbocycles. The summed E-state index contributed by atoms with van der Waals surface area (Å²) in [5.74, 6) is 0.814. The lowest BCUT2D eigenvalue weighted by molar-refractivity contribution is -0.136. The Hall–Kier alpha value is -1.81. The maximum Gasteiger partial charge on any atom is 0.349 e. The molecule has 0 bridgehead atoms. The van der Waals surface area contributed by atoms with E-state index in [-0.39, 0.29) is 12.0 Å². The van der Waals surface area contributed by atoms with Crippen LogP contribution in [-0.2, 0) is 10.2 Å². The molecular weight excluding hydrogens is 356 g/mol. The number of carbonyl (C=O) groups excluding carboxylic acids is 1. The van der Waals surface area contributed by atoms with Crippen molar-refractivity contribution in [2.75, 3.05) is 6.61 Å². The van der Waals surface area contributed by atoms with Crippen molar-refractivity contribution < 1.29 is 14.3 Å². The first-order chi connectivity index (χ1) is 10.8. The van der Waals surface area contributed by atoms with Crippen molar-refractivity contribution in [2.45, 2.75) is 33.1 Å². The number of esters is 1. The van der Waals surface area contributed by atoms with Crippen LogP contribution in [0.25, 0.3) is 0 Å². The number of hydrogen-bond acceptors (Lipinski definition) is 3. The number of rotatable bonds is 4. The fraction of sp³-hybridized carbons (Fsp3) is 0.316. The van der Waals surface area contributed by atoms with Crippen molar-refractivity contribution in [1.29, 1.82) is 0 Å². The molecule has 0 fully saturated rings. The van der Waals surface area contributed by atoms with E-state index in [1.165, 1.54) is 0 Å². The van der Waals surface area contributed by atoms with Crippen LogP contribution in [-0.4, -0.2) is 12.6 Å². The van der Waals surface area contributed by atoms with E-state index in [1.807, 2.05) is 49.4 Å². The molecule has 0 unspecified atom stereocenters. The third-order valence-electron chi connectivity index (χ3n) is 3.40. The van der Waals surface area contributed by atoms with Crippen LogP contribution in [0.1, 0.15) is 31.9 Å². The lowest BCUT2D eigenvalue weighted by Gasteiger charge is -2.22. The Labute approximate surface area is 145 Å². The zero-order valence-electron chi connectivity index (χ0n) is 13.9. The van der Waals surface area contributed by atoms with Crippen molar-refractivity contribution in [3.63, 3.8) is 0 Å². The van der Waals surface area contributed by atoms with Crippen molar-refractivity contribution in [3.8, 4) is 11.5 Å². The van der Waals surface area contributed by atoms with E-state index >= 15 is 0 Å². The Balaban J connectivity index is 2.02. The van der Waals surface area contributed by atoms with Gasteiger partial charge in [0.05, 0.1) is 0 Å². The van der Waals surface area contributed by atoms with Gasteiger partial charge in [-0.2, -0.15) is 0 Å². The zero-order chi connectivity index (χ0) is 17.0. The molecule has 2 rings (SSSR count). The third-order valence-corrected chi connectivity index (χ3v) is 4.29. The van der Waals surface area contributed by atoms with Crippen molar-refractivity contribution >= 4 is 21.9 Å². The maximum absolute atomic E-state index is 12.1. The molecule has 0 spiro atoms. The van der Waals surface area contributed by atoms with Gasteiger partial charge in [-0.15, -0.1) is 0 Å². The number of aryl methyl sites for hydroxylation is 1. The highest BCUT2D eigenvalue weighted by molar-refractivity contribution is 9.10. The first-order valence-electron chi connectivity index (χ1n) is 7.46. The van der Waals surface area contributed by atoms with Gasteiger partial charge in [0.25, 0.3) is 0 Å².